The molecule has 0 bridgehead atoms. The Morgan fingerprint density at radius 2 is 1.96 bits per heavy atom. The van der Waals surface area contributed by atoms with E-state index >= 15 is 0 Å². The summed E-state index contributed by atoms with van der Waals surface area (Å²) in [5.41, 5.74) is 2.80. The summed E-state index contributed by atoms with van der Waals surface area (Å²) in [5, 5.41) is 3.48. The van der Waals surface area contributed by atoms with Crippen LogP contribution in [0.15, 0.2) is 36.7 Å². The number of nitrogens with one attached hydrogen (secondary N) is 1. The average molecular weight is 310 g/mol. The highest BCUT2D eigenvalue weighted by molar-refractivity contribution is 5.79. The normalized spacial score (nSPS) is 21.2. The molecule has 120 valence electrons. The Hall–Kier alpha value is -2.14. The van der Waals surface area contributed by atoms with Gasteiger partial charge in [-0.25, -0.2) is 4.98 Å². The second kappa shape index (κ2) is 5.81. The van der Waals surface area contributed by atoms with Gasteiger partial charge in [0.15, 0.2) is 0 Å². The van der Waals surface area contributed by atoms with Crippen molar-refractivity contribution in [1.82, 2.24) is 19.8 Å². The Morgan fingerprint density at radius 1 is 1.22 bits per heavy atom. The summed E-state index contributed by atoms with van der Waals surface area (Å²) >= 11 is 0. The maximum Gasteiger partial charge on any atom is 0.224 e. The zero-order valence-electron chi connectivity index (χ0n) is 13.4. The van der Waals surface area contributed by atoms with E-state index in [1.165, 1.54) is 11.1 Å². The maximum absolute atomic E-state index is 12.4. The molecule has 1 saturated heterocycles. The van der Waals surface area contributed by atoms with Crippen LogP contribution in [0.2, 0.25) is 0 Å². The smallest absolute Gasteiger partial charge is 0.224 e. The quantitative estimate of drug-likeness (QED) is 0.925. The van der Waals surface area contributed by atoms with Crippen molar-refractivity contribution in [2.75, 3.05) is 6.54 Å². The SMILES string of the molecule is Cn1ccnc1CNC1CC(=O)N(C2Cc3ccccc3C2)C1. The molecule has 0 saturated carbocycles. The van der Waals surface area contributed by atoms with Crippen LogP contribution < -0.4 is 5.32 Å². The standard InChI is InChI=1S/C18H22N4O/c1-21-7-6-19-17(21)11-20-15-10-18(23)22(12-15)16-8-13-4-2-3-5-14(13)9-16/h2-7,15-16,20H,8-12H2,1H3. The van der Waals surface area contributed by atoms with Gasteiger partial charge < -0.3 is 14.8 Å². The van der Waals surface area contributed by atoms with Crippen molar-refractivity contribution in [2.24, 2.45) is 7.05 Å². The van der Waals surface area contributed by atoms with Crippen LogP contribution >= 0.6 is 0 Å². The van der Waals surface area contributed by atoms with Crippen molar-refractivity contribution >= 4 is 5.91 Å². The van der Waals surface area contributed by atoms with Crippen LogP contribution in [0.1, 0.15) is 23.4 Å². The Morgan fingerprint density at radius 3 is 2.61 bits per heavy atom. The van der Waals surface area contributed by atoms with Crippen LogP contribution in [0.5, 0.6) is 0 Å². The van der Waals surface area contributed by atoms with Gasteiger partial charge in [0.1, 0.15) is 5.82 Å². The Labute approximate surface area is 136 Å². The van der Waals surface area contributed by atoms with Gasteiger partial charge in [0.2, 0.25) is 5.91 Å². The fourth-order valence-corrected chi connectivity index (χ4v) is 3.78. The molecule has 23 heavy (non-hydrogen) atoms. The third-order valence-corrected chi connectivity index (χ3v) is 5.10. The van der Waals surface area contributed by atoms with E-state index in [1.807, 2.05) is 17.8 Å². The van der Waals surface area contributed by atoms with E-state index in [2.05, 4.69) is 39.5 Å². The van der Waals surface area contributed by atoms with Gasteiger partial charge in [-0.3, -0.25) is 4.79 Å². The molecule has 2 aliphatic rings. The van der Waals surface area contributed by atoms with Crippen LogP contribution in [0.4, 0.5) is 0 Å². The highest BCUT2D eigenvalue weighted by Crippen LogP contribution is 2.28. The molecular weight excluding hydrogens is 288 g/mol. The molecule has 1 amide bonds. The van der Waals surface area contributed by atoms with E-state index in [9.17, 15) is 4.79 Å². The minimum atomic E-state index is 0.225. The lowest BCUT2D eigenvalue weighted by Gasteiger charge is -2.24. The van der Waals surface area contributed by atoms with Gasteiger partial charge >= 0.3 is 0 Å². The van der Waals surface area contributed by atoms with Gasteiger partial charge in [-0.15, -0.1) is 0 Å². The molecule has 4 rings (SSSR count). The first kappa shape index (κ1) is 14.5. The molecule has 1 fully saturated rings. The van der Waals surface area contributed by atoms with Crippen LogP contribution in [0.25, 0.3) is 0 Å². The molecule has 1 atom stereocenters. The number of carbonyl (C=O) groups excluding carboxylic acids is 1. The molecule has 5 nitrogen and oxygen atoms in total. The average Bonchev–Trinajstić information content (AvgIpc) is 3.23. The number of carbonyl (C=O) groups is 1. The van der Waals surface area contributed by atoms with Crippen molar-refractivity contribution in [3.63, 3.8) is 0 Å². The van der Waals surface area contributed by atoms with E-state index < -0.39 is 0 Å². The Bertz CT molecular complexity index is 698. The van der Waals surface area contributed by atoms with Gasteiger partial charge in [0, 0.05) is 44.5 Å². The predicted molar refractivity (Wildman–Crippen MR) is 87.8 cm³/mol. The predicted octanol–water partition coefficient (Wildman–Crippen LogP) is 1.28. The van der Waals surface area contributed by atoms with Gasteiger partial charge in [-0.1, -0.05) is 24.3 Å². The first-order valence-corrected chi connectivity index (χ1v) is 8.26. The number of imidazole rings is 1. The molecule has 5 heteroatoms. The van der Waals surface area contributed by atoms with Crippen molar-refractivity contribution in [3.05, 3.63) is 53.6 Å². The van der Waals surface area contributed by atoms with Gasteiger partial charge in [-0.05, 0) is 24.0 Å². The minimum Gasteiger partial charge on any atom is -0.337 e. The summed E-state index contributed by atoms with van der Waals surface area (Å²) in [6.45, 7) is 1.52. The molecule has 1 aromatic heterocycles. The molecule has 1 aliphatic heterocycles. The summed E-state index contributed by atoms with van der Waals surface area (Å²) in [4.78, 5) is 18.8. The minimum absolute atomic E-state index is 0.225. The van der Waals surface area contributed by atoms with Gasteiger partial charge in [0.05, 0.1) is 6.54 Å². The van der Waals surface area contributed by atoms with E-state index in [-0.39, 0.29) is 11.9 Å². The summed E-state index contributed by atoms with van der Waals surface area (Å²) in [6, 6.07) is 9.11. The fourth-order valence-electron chi connectivity index (χ4n) is 3.78. The summed E-state index contributed by atoms with van der Waals surface area (Å²) in [7, 11) is 1.99. The number of aromatic nitrogens is 2. The highest BCUT2D eigenvalue weighted by Gasteiger charge is 2.36. The first-order chi connectivity index (χ1) is 11.2. The fraction of sp³-hybridized carbons (Fsp3) is 0.444. The number of rotatable bonds is 4. The molecule has 1 aliphatic carbocycles. The van der Waals surface area contributed by atoms with Crippen LogP contribution in [-0.4, -0.2) is 39.0 Å². The van der Waals surface area contributed by atoms with E-state index in [0.717, 1.165) is 25.2 Å². The zero-order chi connectivity index (χ0) is 15.8. The number of aryl methyl sites for hydroxylation is 1. The summed E-state index contributed by atoms with van der Waals surface area (Å²) in [6.07, 6.45) is 6.33. The molecule has 1 unspecified atom stereocenters. The topological polar surface area (TPSA) is 50.2 Å². The highest BCUT2D eigenvalue weighted by atomic mass is 16.2. The monoisotopic (exact) mass is 310 g/mol. The van der Waals surface area contributed by atoms with Crippen molar-refractivity contribution in [2.45, 2.75) is 37.9 Å². The number of fused-ring (bicyclic) bond motifs is 1. The summed E-state index contributed by atoms with van der Waals surface area (Å²) in [5.74, 6) is 1.28. The van der Waals surface area contributed by atoms with E-state index in [4.69, 9.17) is 0 Å². The lowest BCUT2D eigenvalue weighted by Crippen LogP contribution is -2.39. The second-order valence-corrected chi connectivity index (χ2v) is 6.61. The maximum atomic E-state index is 12.4. The van der Waals surface area contributed by atoms with Crippen LogP contribution in [0.3, 0.4) is 0 Å². The first-order valence-electron chi connectivity index (χ1n) is 8.26. The molecular formula is C18H22N4O. The molecule has 2 aromatic rings. The number of amides is 1. The van der Waals surface area contributed by atoms with Crippen molar-refractivity contribution < 1.29 is 4.79 Å². The molecule has 0 spiro atoms. The van der Waals surface area contributed by atoms with E-state index in [0.29, 0.717) is 19.0 Å². The van der Waals surface area contributed by atoms with Gasteiger partial charge in [-0.2, -0.15) is 0 Å². The third kappa shape index (κ3) is 2.77. The van der Waals surface area contributed by atoms with Gasteiger partial charge in [0.25, 0.3) is 0 Å². The number of nitrogens with zero attached hydrogens (tertiary/aromatic N) is 3. The van der Waals surface area contributed by atoms with E-state index in [1.54, 1.807) is 6.20 Å². The molecule has 0 radical (unpaired) electrons. The molecule has 1 aromatic carbocycles. The van der Waals surface area contributed by atoms with Crippen LogP contribution in [0, 0.1) is 0 Å². The largest absolute Gasteiger partial charge is 0.337 e. The zero-order valence-corrected chi connectivity index (χ0v) is 13.4. The molecule has 1 N–H and O–H groups in total. The second-order valence-electron chi connectivity index (χ2n) is 6.61. The Balaban J connectivity index is 1.37. The number of benzene rings is 1. The van der Waals surface area contributed by atoms with Crippen molar-refractivity contribution in [1.29, 1.82) is 0 Å². The lowest BCUT2D eigenvalue weighted by molar-refractivity contribution is -0.129. The number of likely N-dealkylation sites (tertiary alicyclic amines) is 1. The lowest BCUT2D eigenvalue weighted by atomic mass is 10.1. The third-order valence-electron chi connectivity index (χ3n) is 5.10. The number of hydrogen-bond acceptors (Lipinski definition) is 3. The van der Waals surface area contributed by atoms with Crippen molar-refractivity contribution in [3.8, 4) is 0 Å². The van der Waals surface area contributed by atoms with Crippen LogP contribution in [-0.2, 0) is 31.2 Å². The Kier molecular flexibility index (Phi) is 3.65. The number of hydrogen-bond donors (Lipinski definition) is 1. The molecule has 2 heterocycles. The summed E-state index contributed by atoms with van der Waals surface area (Å²) < 4.78 is 2.01.